The number of hydrogen-bond donors (Lipinski definition) is 0. The van der Waals surface area contributed by atoms with Crippen molar-refractivity contribution in [1.82, 2.24) is 9.55 Å². The van der Waals surface area contributed by atoms with Gasteiger partial charge in [-0.25, -0.2) is 4.99 Å². The first kappa shape index (κ1) is 18.6. The molecule has 2 aliphatic rings. The largest absolute Gasteiger partial charge is 0.480 e. The lowest BCUT2D eigenvalue weighted by atomic mass is 9.81. The van der Waals surface area contributed by atoms with Crippen LogP contribution in [0.15, 0.2) is 89.0 Å². The Labute approximate surface area is 184 Å². The molecular weight excluding hydrogens is 402 g/mol. The van der Waals surface area contributed by atoms with Gasteiger partial charge >= 0.3 is 0 Å². The van der Waals surface area contributed by atoms with Gasteiger partial charge in [0.15, 0.2) is 11.9 Å². The van der Waals surface area contributed by atoms with E-state index in [0.29, 0.717) is 17.1 Å². The second kappa shape index (κ2) is 6.92. The summed E-state index contributed by atoms with van der Waals surface area (Å²) in [6.45, 7) is 2.25. The summed E-state index contributed by atoms with van der Waals surface area (Å²) in [6, 6.07) is 19.5. The molecule has 6 heteroatoms. The first-order valence-electron chi connectivity index (χ1n) is 10.4. The Kier molecular flexibility index (Phi) is 4.01. The van der Waals surface area contributed by atoms with Crippen LogP contribution in [0.25, 0.3) is 16.8 Å². The van der Waals surface area contributed by atoms with Crippen LogP contribution in [-0.2, 0) is 10.3 Å². The SMILES string of the molecule is Cc1ccc(-n2ccc3c(c2=O)C2(COC=N2)c2cc(-c4cccnc4)ccc2O3)cc1. The lowest BCUT2D eigenvalue weighted by molar-refractivity contribution is 0.271. The fourth-order valence-corrected chi connectivity index (χ4v) is 4.41. The molecule has 0 aliphatic carbocycles. The Morgan fingerprint density at radius 3 is 2.62 bits per heavy atom. The maximum absolute atomic E-state index is 13.8. The number of nitrogens with zero attached hydrogens (tertiary/aromatic N) is 3. The molecule has 1 atom stereocenters. The molecule has 4 aromatic rings. The minimum Gasteiger partial charge on any atom is -0.480 e. The molecule has 0 bridgehead atoms. The van der Waals surface area contributed by atoms with E-state index in [1.165, 1.54) is 6.40 Å². The number of rotatable bonds is 2. The van der Waals surface area contributed by atoms with Gasteiger partial charge in [0.2, 0.25) is 0 Å². The fourth-order valence-electron chi connectivity index (χ4n) is 4.41. The third-order valence-corrected chi connectivity index (χ3v) is 6.06. The van der Waals surface area contributed by atoms with Gasteiger partial charge in [-0.3, -0.25) is 14.3 Å². The molecule has 0 saturated carbocycles. The summed E-state index contributed by atoms with van der Waals surface area (Å²) in [6.07, 6.45) is 6.72. The first-order chi connectivity index (χ1) is 15.7. The van der Waals surface area contributed by atoms with E-state index in [0.717, 1.165) is 27.9 Å². The highest BCUT2D eigenvalue weighted by Gasteiger charge is 2.47. The molecule has 32 heavy (non-hydrogen) atoms. The van der Waals surface area contributed by atoms with E-state index in [9.17, 15) is 4.79 Å². The van der Waals surface area contributed by atoms with Gasteiger partial charge in [0.1, 0.15) is 18.1 Å². The number of fused-ring (bicyclic) bond motifs is 4. The summed E-state index contributed by atoms with van der Waals surface area (Å²) in [5.74, 6) is 1.17. The topological polar surface area (TPSA) is 65.7 Å². The predicted octanol–water partition coefficient (Wildman–Crippen LogP) is 4.62. The molecule has 156 valence electrons. The summed E-state index contributed by atoms with van der Waals surface area (Å²) >= 11 is 0. The Balaban J connectivity index is 1.57. The zero-order valence-electron chi connectivity index (χ0n) is 17.4. The van der Waals surface area contributed by atoms with Crippen LogP contribution in [0.1, 0.15) is 16.7 Å². The second-order valence-corrected chi connectivity index (χ2v) is 8.03. The average molecular weight is 421 g/mol. The zero-order chi connectivity index (χ0) is 21.7. The molecule has 1 unspecified atom stereocenters. The molecule has 0 N–H and O–H groups in total. The van der Waals surface area contributed by atoms with Gasteiger partial charge < -0.3 is 9.47 Å². The van der Waals surface area contributed by atoms with Crippen molar-refractivity contribution >= 4 is 6.40 Å². The Morgan fingerprint density at radius 1 is 1.00 bits per heavy atom. The number of pyridine rings is 2. The first-order valence-corrected chi connectivity index (χ1v) is 10.4. The van der Waals surface area contributed by atoms with Crippen LogP contribution in [0.5, 0.6) is 11.5 Å². The minimum absolute atomic E-state index is 0.175. The average Bonchev–Trinajstić information content (AvgIpc) is 3.30. The summed E-state index contributed by atoms with van der Waals surface area (Å²) < 4.78 is 13.4. The van der Waals surface area contributed by atoms with E-state index in [-0.39, 0.29) is 12.2 Å². The highest BCUT2D eigenvalue weighted by atomic mass is 16.5. The third-order valence-electron chi connectivity index (χ3n) is 6.06. The Morgan fingerprint density at radius 2 is 1.88 bits per heavy atom. The van der Waals surface area contributed by atoms with Gasteiger partial charge in [0, 0.05) is 35.4 Å². The third kappa shape index (κ3) is 2.69. The summed E-state index contributed by atoms with van der Waals surface area (Å²) in [5, 5.41) is 0. The van der Waals surface area contributed by atoms with Crippen molar-refractivity contribution in [2.24, 2.45) is 4.99 Å². The molecule has 6 nitrogen and oxygen atoms in total. The fraction of sp³-hybridized carbons (Fsp3) is 0.115. The van der Waals surface area contributed by atoms with E-state index < -0.39 is 5.54 Å². The van der Waals surface area contributed by atoms with Crippen LogP contribution >= 0.6 is 0 Å². The van der Waals surface area contributed by atoms with Crippen molar-refractivity contribution in [2.75, 3.05) is 6.61 Å². The molecule has 0 saturated heterocycles. The molecule has 1 spiro atoms. The van der Waals surface area contributed by atoms with Gasteiger partial charge in [-0.15, -0.1) is 0 Å². The molecule has 0 fully saturated rings. The van der Waals surface area contributed by atoms with Crippen LogP contribution in [0.4, 0.5) is 0 Å². The lowest BCUT2D eigenvalue weighted by Crippen LogP contribution is -2.39. The van der Waals surface area contributed by atoms with Gasteiger partial charge in [0.25, 0.3) is 5.56 Å². The number of aryl methyl sites for hydroxylation is 1. The predicted molar refractivity (Wildman–Crippen MR) is 122 cm³/mol. The van der Waals surface area contributed by atoms with Gasteiger partial charge in [0.05, 0.1) is 5.56 Å². The Hall–Kier alpha value is -4.19. The quantitative estimate of drug-likeness (QED) is 0.474. The van der Waals surface area contributed by atoms with Crippen LogP contribution in [0.3, 0.4) is 0 Å². The molecular formula is C26H19N3O3. The molecule has 2 aromatic carbocycles. The maximum atomic E-state index is 13.8. The Bertz CT molecular complexity index is 1430. The van der Waals surface area contributed by atoms with Gasteiger partial charge in [-0.1, -0.05) is 29.8 Å². The van der Waals surface area contributed by atoms with Crippen molar-refractivity contribution in [3.05, 3.63) is 106 Å². The van der Waals surface area contributed by atoms with Crippen molar-refractivity contribution in [3.8, 4) is 28.3 Å². The van der Waals surface area contributed by atoms with Crippen molar-refractivity contribution in [3.63, 3.8) is 0 Å². The number of ether oxygens (including phenoxy) is 2. The summed E-state index contributed by atoms with van der Waals surface area (Å²) in [7, 11) is 0. The number of hydrogen-bond acceptors (Lipinski definition) is 5. The van der Waals surface area contributed by atoms with Crippen molar-refractivity contribution < 1.29 is 9.47 Å². The van der Waals surface area contributed by atoms with Crippen LogP contribution in [0, 0.1) is 6.92 Å². The highest BCUT2D eigenvalue weighted by Crippen LogP contribution is 2.49. The number of benzene rings is 2. The standard InChI is InChI=1S/C26H19N3O3/c1-17-4-7-20(8-5-17)29-12-10-23-24(25(29)30)26(15-31-16-28-26)21-13-18(6-9-22(21)32-23)19-3-2-11-27-14-19/h2-14,16H,15H2,1H3. The van der Waals surface area contributed by atoms with E-state index in [2.05, 4.69) is 4.98 Å². The van der Waals surface area contributed by atoms with E-state index in [1.807, 2.05) is 73.8 Å². The van der Waals surface area contributed by atoms with Crippen molar-refractivity contribution in [2.45, 2.75) is 12.5 Å². The number of aliphatic imine (C=N–C) groups is 1. The second-order valence-electron chi connectivity index (χ2n) is 8.03. The van der Waals surface area contributed by atoms with Crippen LogP contribution in [0.2, 0.25) is 0 Å². The molecule has 2 aliphatic heterocycles. The highest BCUT2D eigenvalue weighted by molar-refractivity contribution is 5.70. The smallest absolute Gasteiger partial charge is 0.265 e. The van der Waals surface area contributed by atoms with Crippen LogP contribution in [-0.4, -0.2) is 22.6 Å². The minimum atomic E-state index is -0.966. The van der Waals surface area contributed by atoms with E-state index in [4.69, 9.17) is 14.5 Å². The molecule has 6 rings (SSSR count). The zero-order valence-corrected chi connectivity index (χ0v) is 17.4. The normalized spacial score (nSPS) is 18.0. The monoisotopic (exact) mass is 421 g/mol. The molecule has 4 heterocycles. The summed E-state index contributed by atoms with van der Waals surface area (Å²) in [4.78, 5) is 22.7. The van der Waals surface area contributed by atoms with Gasteiger partial charge in [-0.2, -0.15) is 0 Å². The molecule has 0 radical (unpaired) electrons. The van der Waals surface area contributed by atoms with Crippen molar-refractivity contribution in [1.29, 1.82) is 0 Å². The van der Waals surface area contributed by atoms with Gasteiger partial charge in [-0.05, 0) is 48.9 Å². The molecule has 0 amide bonds. The number of aromatic nitrogens is 2. The lowest BCUT2D eigenvalue weighted by Gasteiger charge is -2.33. The summed E-state index contributed by atoms with van der Waals surface area (Å²) in [5.41, 5.74) is 4.01. The van der Waals surface area contributed by atoms with Crippen LogP contribution < -0.4 is 10.3 Å². The van der Waals surface area contributed by atoms with E-state index >= 15 is 0 Å². The maximum Gasteiger partial charge on any atom is 0.265 e. The molecule has 2 aromatic heterocycles. The van der Waals surface area contributed by atoms with E-state index in [1.54, 1.807) is 17.0 Å².